The Kier molecular flexibility index (Phi) is 6.43. The molecule has 0 saturated heterocycles. The minimum absolute atomic E-state index is 0.258. The van der Waals surface area contributed by atoms with E-state index in [1.807, 2.05) is 24.3 Å². The molecule has 9 heteroatoms. The summed E-state index contributed by atoms with van der Waals surface area (Å²) < 4.78 is 37.6. The lowest BCUT2D eigenvalue weighted by Crippen LogP contribution is -2.29. The van der Waals surface area contributed by atoms with Crippen molar-refractivity contribution in [1.29, 1.82) is 0 Å². The Hall–Kier alpha value is -2.52. The molecule has 1 aromatic heterocycles. The van der Waals surface area contributed by atoms with Gasteiger partial charge in [0, 0.05) is 20.6 Å². The number of methoxy groups -OCH3 is 1. The Morgan fingerprint density at radius 2 is 1.76 bits per heavy atom. The lowest BCUT2D eigenvalue weighted by atomic mass is 10.3. The third-order valence-corrected chi connectivity index (χ3v) is 4.67. The molecule has 0 radical (unpaired) electrons. The van der Waals surface area contributed by atoms with Gasteiger partial charge in [0.2, 0.25) is 0 Å². The first-order valence-electron chi connectivity index (χ1n) is 7.58. The van der Waals surface area contributed by atoms with Crippen LogP contribution in [0.4, 0.5) is 11.5 Å². The molecule has 0 aliphatic rings. The molecule has 0 saturated carbocycles. The molecule has 0 bridgehead atoms. The zero-order valence-corrected chi connectivity index (χ0v) is 15.2. The third kappa shape index (κ3) is 5.80. The molecule has 1 aromatic carbocycles. The van der Waals surface area contributed by atoms with Gasteiger partial charge in [-0.15, -0.1) is 0 Å². The van der Waals surface area contributed by atoms with Crippen LogP contribution in [0.25, 0.3) is 0 Å². The molecule has 0 fully saturated rings. The van der Waals surface area contributed by atoms with E-state index in [1.165, 1.54) is 14.1 Å². The van der Waals surface area contributed by atoms with E-state index in [2.05, 4.69) is 15.0 Å². The van der Waals surface area contributed by atoms with Gasteiger partial charge in [0.05, 0.1) is 19.0 Å². The van der Waals surface area contributed by atoms with Crippen molar-refractivity contribution in [3.8, 4) is 11.5 Å². The highest BCUT2D eigenvalue weighted by Crippen LogP contribution is 2.17. The van der Waals surface area contributed by atoms with Crippen LogP contribution in [0, 0.1) is 0 Å². The second-order valence-electron chi connectivity index (χ2n) is 5.27. The van der Waals surface area contributed by atoms with Crippen molar-refractivity contribution >= 4 is 21.7 Å². The zero-order chi connectivity index (χ0) is 18.3. The summed E-state index contributed by atoms with van der Waals surface area (Å²) in [5.41, 5.74) is 0.770. The molecular formula is C16H22N4O4S. The molecule has 2 N–H and O–H groups in total. The van der Waals surface area contributed by atoms with Gasteiger partial charge in [-0.1, -0.05) is 0 Å². The van der Waals surface area contributed by atoms with Gasteiger partial charge in [0.1, 0.15) is 23.9 Å². The number of ether oxygens (including phenoxy) is 2. The number of aromatic nitrogens is 1. The SMILES string of the molecule is COc1ccc(OCCNc2ccc(NS(=O)(=O)N(C)C)nc2)cc1. The zero-order valence-electron chi connectivity index (χ0n) is 14.4. The Morgan fingerprint density at radius 1 is 1.08 bits per heavy atom. The van der Waals surface area contributed by atoms with Crippen LogP contribution in [0.2, 0.25) is 0 Å². The van der Waals surface area contributed by atoms with E-state index < -0.39 is 10.2 Å². The monoisotopic (exact) mass is 366 g/mol. The van der Waals surface area contributed by atoms with Crippen LogP contribution in [0.3, 0.4) is 0 Å². The molecule has 0 unspecified atom stereocenters. The van der Waals surface area contributed by atoms with E-state index in [1.54, 1.807) is 25.4 Å². The number of hydrogen-bond acceptors (Lipinski definition) is 6. The predicted octanol–water partition coefficient (Wildman–Crippen LogP) is 1.80. The largest absolute Gasteiger partial charge is 0.497 e. The first-order valence-corrected chi connectivity index (χ1v) is 9.02. The molecule has 0 aliphatic heterocycles. The predicted molar refractivity (Wildman–Crippen MR) is 97.4 cm³/mol. The Labute approximate surface area is 148 Å². The van der Waals surface area contributed by atoms with Crippen molar-refractivity contribution < 1.29 is 17.9 Å². The first kappa shape index (κ1) is 18.8. The third-order valence-electron chi connectivity index (χ3n) is 3.24. The summed E-state index contributed by atoms with van der Waals surface area (Å²) in [6.45, 7) is 1.05. The van der Waals surface area contributed by atoms with Gasteiger partial charge >= 0.3 is 10.2 Å². The highest BCUT2D eigenvalue weighted by molar-refractivity contribution is 7.90. The van der Waals surface area contributed by atoms with Crippen molar-refractivity contribution in [2.45, 2.75) is 0 Å². The van der Waals surface area contributed by atoms with E-state index >= 15 is 0 Å². The van der Waals surface area contributed by atoms with Crippen molar-refractivity contribution in [1.82, 2.24) is 9.29 Å². The lowest BCUT2D eigenvalue weighted by molar-refractivity contribution is 0.332. The van der Waals surface area contributed by atoms with Crippen LogP contribution in [-0.4, -0.2) is 52.1 Å². The van der Waals surface area contributed by atoms with E-state index in [0.717, 1.165) is 21.5 Å². The van der Waals surface area contributed by atoms with E-state index in [4.69, 9.17) is 9.47 Å². The summed E-state index contributed by atoms with van der Waals surface area (Å²) in [5, 5.41) is 3.15. The highest BCUT2D eigenvalue weighted by Gasteiger charge is 2.13. The molecule has 2 rings (SSSR count). The Bertz CT molecular complexity index is 762. The number of anilines is 2. The van der Waals surface area contributed by atoms with Gasteiger partial charge in [-0.25, -0.2) is 4.98 Å². The van der Waals surface area contributed by atoms with E-state index in [9.17, 15) is 8.42 Å². The van der Waals surface area contributed by atoms with Gasteiger partial charge in [-0.05, 0) is 36.4 Å². The molecule has 0 spiro atoms. The van der Waals surface area contributed by atoms with Gasteiger partial charge in [0.15, 0.2) is 0 Å². The average Bonchev–Trinajstić information content (AvgIpc) is 2.60. The lowest BCUT2D eigenvalue weighted by Gasteiger charge is -2.13. The fourth-order valence-electron chi connectivity index (χ4n) is 1.82. The minimum Gasteiger partial charge on any atom is -0.497 e. The summed E-state index contributed by atoms with van der Waals surface area (Å²) in [5.74, 6) is 1.80. The number of nitrogens with zero attached hydrogens (tertiary/aromatic N) is 2. The topological polar surface area (TPSA) is 92.8 Å². The number of hydrogen-bond donors (Lipinski definition) is 2. The fourth-order valence-corrected chi connectivity index (χ4v) is 2.39. The number of rotatable bonds is 9. The fraction of sp³-hybridized carbons (Fsp3) is 0.312. The molecule has 2 aromatic rings. The van der Waals surface area contributed by atoms with Crippen LogP contribution < -0.4 is 19.5 Å². The standard InChI is InChI=1S/C16H22N4O4S/c1-20(2)25(21,22)19-16-9-4-13(12-18-16)17-10-11-24-15-7-5-14(23-3)6-8-15/h4-9,12,17H,10-11H2,1-3H3,(H,18,19). The number of nitrogens with one attached hydrogen (secondary N) is 2. The maximum atomic E-state index is 11.7. The minimum atomic E-state index is -3.55. The van der Waals surface area contributed by atoms with Gasteiger partial charge < -0.3 is 14.8 Å². The maximum Gasteiger partial charge on any atom is 0.302 e. The van der Waals surface area contributed by atoms with Crippen molar-refractivity contribution in [2.24, 2.45) is 0 Å². The molecule has 0 amide bonds. The smallest absolute Gasteiger partial charge is 0.302 e. The summed E-state index contributed by atoms with van der Waals surface area (Å²) >= 11 is 0. The molecule has 0 aliphatic carbocycles. The number of pyridine rings is 1. The second-order valence-corrected chi connectivity index (χ2v) is 7.16. The van der Waals surface area contributed by atoms with E-state index in [0.29, 0.717) is 13.2 Å². The Balaban J connectivity index is 1.77. The van der Waals surface area contributed by atoms with Crippen molar-refractivity contribution in [3.05, 3.63) is 42.6 Å². The molecule has 0 atom stereocenters. The van der Waals surface area contributed by atoms with Crippen LogP contribution in [-0.2, 0) is 10.2 Å². The van der Waals surface area contributed by atoms with Gasteiger partial charge in [0.25, 0.3) is 0 Å². The van der Waals surface area contributed by atoms with Crippen molar-refractivity contribution in [2.75, 3.05) is 44.4 Å². The molecule has 25 heavy (non-hydrogen) atoms. The van der Waals surface area contributed by atoms with Crippen LogP contribution in [0.1, 0.15) is 0 Å². The van der Waals surface area contributed by atoms with E-state index in [-0.39, 0.29) is 5.82 Å². The van der Waals surface area contributed by atoms with Gasteiger partial charge in [-0.2, -0.15) is 12.7 Å². The molecule has 1 heterocycles. The molecular weight excluding hydrogens is 344 g/mol. The summed E-state index contributed by atoms with van der Waals surface area (Å²) in [6, 6.07) is 10.7. The van der Waals surface area contributed by atoms with Crippen molar-refractivity contribution in [3.63, 3.8) is 0 Å². The van der Waals surface area contributed by atoms with Gasteiger partial charge in [-0.3, -0.25) is 4.72 Å². The maximum absolute atomic E-state index is 11.7. The number of benzene rings is 1. The summed E-state index contributed by atoms with van der Waals surface area (Å²) in [6.07, 6.45) is 1.56. The Morgan fingerprint density at radius 3 is 2.32 bits per heavy atom. The van der Waals surface area contributed by atoms with Crippen LogP contribution in [0.5, 0.6) is 11.5 Å². The van der Waals surface area contributed by atoms with Crippen LogP contribution >= 0.6 is 0 Å². The average molecular weight is 366 g/mol. The summed E-state index contributed by atoms with van der Waals surface area (Å²) in [7, 11) is 0.957. The molecule has 8 nitrogen and oxygen atoms in total. The normalized spacial score (nSPS) is 11.2. The van der Waals surface area contributed by atoms with Crippen LogP contribution in [0.15, 0.2) is 42.6 Å². The first-order chi connectivity index (χ1) is 11.9. The summed E-state index contributed by atoms with van der Waals surface area (Å²) in [4.78, 5) is 4.07. The second kappa shape index (κ2) is 8.54. The molecule has 136 valence electrons. The highest BCUT2D eigenvalue weighted by atomic mass is 32.2. The quantitative estimate of drug-likeness (QED) is 0.658.